The second-order valence-electron chi connectivity index (χ2n) is 7.48. The van der Waals surface area contributed by atoms with Gasteiger partial charge in [-0.25, -0.2) is 8.42 Å². The van der Waals surface area contributed by atoms with Crippen LogP contribution in [0.4, 0.5) is 0 Å². The number of benzene rings is 1. The van der Waals surface area contributed by atoms with E-state index < -0.39 is 10.0 Å². The van der Waals surface area contributed by atoms with Gasteiger partial charge in [-0.05, 0) is 44.0 Å². The first-order valence-electron chi connectivity index (χ1n) is 9.78. The Hall–Kier alpha value is -1.15. The molecule has 1 N–H and O–H groups in total. The number of amides is 1. The van der Waals surface area contributed by atoms with Crippen LogP contribution < -0.4 is 4.90 Å². The highest BCUT2D eigenvalue weighted by molar-refractivity contribution is 7.89. The van der Waals surface area contributed by atoms with Gasteiger partial charge >= 0.3 is 0 Å². The van der Waals surface area contributed by atoms with Crippen LogP contribution in [0.25, 0.3) is 0 Å². The number of rotatable bonds is 4. The van der Waals surface area contributed by atoms with Crippen molar-refractivity contribution in [2.75, 3.05) is 39.3 Å². The maximum Gasteiger partial charge on any atom is 0.280 e. The monoisotopic (exact) mass is 414 g/mol. The van der Waals surface area contributed by atoms with Gasteiger partial charge in [-0.15, -0.1) is 0 Å². The molecule has 0 radical (unpaired) electrons. The smallest absolute Gasteiger partial charge is 0.280 e. The molecule has 0 unspecified atom stereocenters. The number of nitrogens with one attached hydrogen (secondary N) is 1. The SMILES string of the molecule is C[C@@H](C(=O)N1CCCCCC1)[NH+]1CCN(S(=O)(=O)c2ccc(Cl)cc2)CC1. The van der Waals surface area contributed by atoms with Crippen molar-refractivity contribution in [1.29, 1.82) is 0 Å². The molecule has 6 nitrogen and oxygen atoms in total. The Morgan fingerprint density at radius 1 is 1.00 bits per heavy atom. The number of hydrogen-bond acceptors (Lipinski definition) is 3. The van der Waals surface area contributed by atoms with Crippen molar-refractivity contribution in [3.05, 3.63) is 29.3 Å². The van der Waals surface area contributed by atoms with Gasteiger partial charge < -0.3 is 9.80 Å². The first-order valence-corrected chi connectivity index (χ1v) is 11.6. The summed E-state index contributed by atoms with van der Waals surface area (Å²) in [6.45, 7) is 5.84. The molecular weight excluding hydrogens is 386 g/mol. The zero-order valence-electron chi connectivity index (χ0n) is 15.9. The second-order valence-corrected chi connectivity index (χ2v) is 9.85. The molecule has 2 saturated heterocycles. The minimum Gasteiger partial charge on any atom is -0.338 e. The maximum atomic E-state index is 12.8. The Bertz CT molecular complexity index is 738. The number of piperazine rings is 1. The fourth-order valence-electron chi connectivity index (χ4n) is 3.94. The summed E-state index contributed by atoms with van der Waals surface area (Å²) >= 11 is 5.86. The van der Waals surface area contributed by atoms with Gasteiger partial charge in [0, 0.05) is 18.1 Å². The lowest BCUT2D eigenvalue weighted by atomic mass is 10.2. The molecule has 2 aliphatic heterocycles. The molecule has 0 aromatic heterocycles. The van der Waals surface area contributed by atoms with E-state index in [4.69, 9.17) is 11.6 Å². The normalized spacial score (nSPS) is 21.6. The summed E-state index contributed by atoms with van der Waals surface area (Å²) in [7, 11) is -3.51. The lowest BCUT2D eigenvalue weighted by molar-refractivity contribution is -0.918. The first-order chi connectivity index (χ1) is 12.9. The Morgan fingerprint density at radius 2 is 1.56 bits per heavy atom. The predicted molar refractivity (Wildman–Crippen MR) is 105 cm³/mol. The van der Waals surface area contributed by atoms with Crippen LogP contribution in [0.15, 0.2) is 29.2 Å². The average molecular weight is 415 g/mol. The maximum absolute atomic E-state index is 12.8. The molecule has 150 valence electrons. The van der Waals surface area contributed by atoms with Gasteiger partial charge in [-0.1, -0.05) is 24.4 Å². The van der Waals surface area contributed by atoms with Crippen molar-refractivity contribution in [3.63, 3.8) is 0 Å². The van der Waals surface area contributed by atoms with Crippen molar-refractivity contribution in [2.24, 2.45) is 0 Å². The fraction of sp³-hybridized carbons (Fsp3) is 0.632. The molecule has 1 amide bonds. The van der Waals surface area contributed by atoms with E-state index in [-0.39, 0.29) is 16.8 Å². The standard InChI is InChI=1S/C19H28ClN3O3S/c1-16(19(24)22-10-4-2-3-5-11-22)21-12-14-23(15-13-21)27(25,26)18-8-6-17(20)7-9-18/h6-9,16H,2-5,10-15H2,1H3/p+1/t16-/m0/s1. The molecule has 1 aromatic carbocycles. The van der Waals surface area contributed by atoms with Gasteiger partial charge in [-0.2, -0.15) is 4.31 Å². The van der Waals surface area contributed by atoms with Gasteiger partial charge in [0.05, 0.1) is 31.1 Å². The Kier molecular flexibility index (Phi) is 6.78. The third-order valence-corrected chi connectivity index (χ3v) is 7.88. The largest absolute Gasteiger partial charge is 0.338 e. The highest BCUT2D eigenvalue weighted by Crippen LogP contribution is 2.18. The van der Waals surface area contributed by atoms with Crippen LogP contribution in [-0.2, 0) is 14.8 Å². The second kappa shape index (κ2) is 8.90. The third kappa shape index (κ3) is 4.83. The zero-order chi connectivity index (χ0) is 19.4. The van der Waals surface area contributed by atoms with E-state index in [1.807, 2.05) is 11.8 Å². The molecule has 2 fully saturated rings. The quantitative estimate of drug-likeness (QED) is 0.800. The van der Waals surface area contributed by atoms with Crippen molar-refractivity contribution < 1.29 is 18.1 Å². The third-order valence-electron chi connectivity index (χ3n) is 5.72. The van der Waals surface area contributed by atoms with E-state index in [0.717, 1.165) is 25.9 Å². The predicted octanol–water partition coefficient (Wildman–Crippen LogP) is 1.02. The van der Waals surface area contributed by atoms with Crippen LogP contribution in [-0.4, -0.2) is 68.8 Å². The van der Waals surface area contributed by atoms with Gasteiger partial charge in [-0.3, -0.25) is 4.79 Å². The number of halogens is 1. The summed E-state index contributed by atoms with van der Waals surface area (Å²) < 4.78 is 27.1. The number of quaternary nitrogens is 1. The number of carbonyl (C=O) groups excluding carboxylic acids is 1. The minimum atomic E-state index is -3.51. The molecule has 8 heteroatoms. The average Bonchev–Trinajstić information content (AvgIpc) is 2.97. The molecule has 0 bridgehead atoms. The van der Waals surface area contributed by atoms with Crippen molar-refractivity contribution >= 4 is 27.5 Å². The van der Waals surface area contributed by atoms with Crippen LogP contribution in [0.3, 0.4) is 0 Å². The van der Waals surface area contributed by atoms with Crippen LogP contribution in [0, 0.1) is 0 Å². The van der Waals surface area contributed by atoms with Crippen LogP contribution in [0.2, 0.25) is 5.02 Å². The molecule has 0 saturated carbocycles. The van der Waals surface area contributed by atoms with Gasteiger partial charge in [0.25, 0.3) is 5.91 Å². The topological polar surface area (TPSA) is 62.1 Å². The summed E-state index contributed by atoms with van der Waals surface area (Å²) in [6.07, 6.45) is 4.57. The summed E-state index contributed by atoms with van der Waals surface area (Å²) in [5.74, 6) is 0.209. The Labute approximate surface area is 167 Å². The summed E-state index contributed by atoms with van der Waals surface area (Å²) in [5, 5.41) is 0.518. The molecule has 2 heterocycles. The summed E-state index contributed by atoms with van der Waals surface area (Å²) in [5.41, 5.74) is 0. The summed E-state index contributed by atoms with van der Waals surface area (Å²) in [4.78, 5) is 16.3. The number of carbonyl (C=O) groups is 1. The van der Waals surface area contributed by atoms with Crippen molar-refractivity contribution in [2.45, 2.75) is 43.5 Å². The highest BCUT2D eigenvalue weighted by Gasteiger charge is 2.35. The van der Waals surface area contributed by atoms with E-state index >= 15 is 0 Å². The summed E-state index contributed by atoms with van der Waals surface area (Å²) in [6, 6.07) is 6.16. The lowest BCUT2D eigenvalue weighted by Gasteiger charge is -2.35. The minimum absolute atomic E-state index is 0.122. The number of sulfonamides is 1. The zero-order valence-corrected chi connectivity index (χ0v) is 17.4. The molecule has 1 aromatic rings. The van der Waals surface area contributed by atoms with Gasteiger partial charge in [0.2, 0.25) is 10.0 Å². The van der Waals surface area contributed by atoms with E-state index in [2.05, 4.69) is 0 Å². The van der Waals surface area contributed by atoms with E-state index in [1.54, 1.807) is 24.3 Å². The fourth-order valence-corrected chi connectivity index (χ4v) is 5.51. The number of hydrogen-bond donors (Lipinski definition) is 1. The molecule has 3 rings (SSSR count). The number of likely N-dealkylation sites (tertiary alicyclic amines) is 1. The van der Waals surface area contributed by atoms with E-state index in [0.29, 0.717) is 31.2 Å². The van der Waals surface area contributed by atoms with Crippen LogP contribution >= 0.6 is 11.6 Å². The van der Waals surface area contributed by atoms with Crippen molar-refractivity contribution in [1.82, 2.24) is 9.21 Å². The van der Waals surface area contributed by atoms with Crippen LogP contribution in [0.1, 0.15) is 32.6 Å². The molecule has 0 aliphatic carbocycles. The van der Waals surface area contributed by atoms with Crippen molar-refractivity contribution in [3.8, 4) is 0 Å². The number of nitrogens with zero attached hydrogens (tertiary/aromatic N) is 2. The van der Waals surface area contributed by atoms with Gasteiger partial charge in [0.15, 0.2) is 6.04 Å². The van der Waals surface area contributed by atoms with E-state index in [1.165, 1.54) is 22.0 Å². The Balaban J connectivity index is 1.59. The van der Waals surface area contributed by atoms with E-state index in [9.17, 15) is 13.2 Å². The van der Waals surface area contributed by atoms with Gasteiger partial charge in [0.1, 0.15) is 0 Å². The molecule has 0 spiro atoms. The highest BCUT2D eigenvalue weighted by atomic mass is 35.5. The molecule has 27 heavy (non-hydrogen) atoms. The molecule has 1 atom stereocenters. The molecular formula is C19H29ClN3O3S+. The van der Waals surface area contributed by atoms with Crippen LogP contribution in [0.5, 0.6) is 0 Å². The Morgan fingerprint density at radius 3 is 2.11 bits per heavy atom. The lowest BCUT2D eigenvalue weighted by Crippen LogP contribution is -3.19. The first kappa shape index (κ1) is 20.6. The molecule has 2 aliphatic rings.